The highest BCUT2D eigenvalue weighted by Crippen LogP contribution is 2.23. The van der Waals surface area contributed by atoms with Crippen molar-refractivity contribution >= 4 is 34.8 Å². The fourth-order valence-electron chi connectivity index (χ4n) is 2.66. The van der Waals surface area contributed by atoms with Crippen LogP contribution in [0.5, 0.6) is 0 Å². The van der Waals surface area contributed by atoms with E-state index < -0.39 is 6.04 Å². The highest BCUT2D eigenvalue weighted by molar-refractivity contribution is 7.16. The van der Waals surface area contributed by atoms with E-state index in [1.54, 1.807) is 17.0 Å². The lowest BCUT2D eigenvalue weighted by atomic mass is 9.97. The SMILES string of the molecule is CCC(C)C(NC(=O)c1ccccc1)C(=O)N(CC)Cc1ccc(Cl)s1. The van der Waals surface area contributed by atoms with Crippen molar-refractivity contribution in [1.82, 2.24) is 10.2 Å². The molecule has 6 heteroatoms. The molecule has 0 aliphatic rings. The predicted molar refractivity (Wildman–Crippen MR) is 108 cm³/mol. The van der Waals surface area contributed by atoms with Crippen molar-refractivity contribution in [3.8, 4) is 0 Å². The number of nitrogens with one attached hydrogen (secondary N) is 1. The van der Waals surface area contributed by atoms with Crippen molar-refractivity contribution in [1.29, 1.82) is 0 Å². The van der Waals surface area contributed by atoms with Gasteiger partial charge in [-0.3, -0.25) is 9.59 Å². The van der Waals surface area contributed by atoms with Crippen LogP contribution in [0.2, 0.25) is 4.34 Å². The second-order valence-corrected chi connectivity index (χ2v) is 8.06. The van der Waals surface area contributed by atoms with Crippen molar-refractivity contribution in [2.75, 3.05) is 6.54 Å². The number of amides is 2. The Kier molecular flexibility index (Phi) is 7.66. The standard InChI is InChI=1S/C20H25ClN2O2S/c1-4-14(3)18(22-19(24)15-9-7-6-8-10-15)20(25)23(5-2)13-16-11-12-17(21)26-16/h6-12,14,18H,4-5,13H2,1-3H3,(H,22,24). The summed E-state index contributed by atoms with van der Waals surface area (Å²) in [6.45, 7) is 7.03. The van der Waals surface area contributed by atoms with Gasteiger partial charge in [0, 0.05) is 17.0 Å². The van der Waals surface area contributed by atoms with Crippen LogP contribution in [0.15, 0.2) is 42.5 Å². The van der Waals surface area contributed by atoms with E-state index in [1.807, 2.05) is 51.1 Å². The molecule has 4 nitrogen and oxygen atoms in total. The Labute approximate surface area is 164 Å². The molecule has 140 valence electrons. The Hall–Kier alpha value is -1.85. The van der Waals surface area contributed by atoms with Gasteiger partial charge in [0.05, 0.1) is 10.9 Å². The van der Waals surface area contributed by atoms with E-state index in [2.05, 4.69) is 5.32 Å². The van der Waals surface area contributed by atoms with Crippen LogP contribution in [-0.2, 0) is 11.3 Å². The van der Waals surface area contributed by atoms with E-state index in [0.29, 0.717) is 23.0 Å². The molecule has 1 aromatic carbocycles. The van der Waals surface area contributed by atoms with Crippen LogP contribution in [0.4, 0.5) is 0 Å². The summed E-state index contributed by atoms with van der Waals surface area (Å²) in [5, 5.41) is 2.94. The second-order valence-electron chi connectivity index (χ2n) is 6.26. The van der Waals surface area contributed by atoms with E-state index in [4.69, 9.17) is 11.6 Å². The van der Waals surface area contributed by atoms with Gasteiger partial charge in [-0.2, -0.15) is 0 Å². The molecule has 0 aliphatic carbocycles. The molecule has 0 bridgehead atoms. The van der Waals surface area contributed by atoms with Crippen molar-refractivity contribution < 1.29 is 9.59 Å². The zero-order valence-corrected chi connectivity index (χ0v) is 16.9. The monoisotopic (exact) mass is 392 g/mol. The molecule has 26 heavy (non-hydrogen) atoms. The normalized spacial score (nSPS) is 13.1. The van der Waals surface area contributed by atoms with Crippen molar-refractivity contribution in [2.24, 2.45) is 5.92 Å². The Morgan fingerprint density at radius 3 is 2.38 bits per heavy atom. The number of benzene rings is 1. The van der Waals surface area contributed by atoms with Crippen molar-refractivity contribution in [3.05, 3.63) is 57.2 Å². The number of thiophene rings is 1. The molecule has 2 unspecified atom stereocenters. The molecule has 2 rings (SSSR count). The molecular formula is C20H25ClN2O2S. The number of halogens is 1. The first-order valence-electron chi connectivity index (χ1n) is 8.85. The molecule has 0 saturated heterocycles. The van der Waals surface area contributed by atoms with Crippen molar-refractivity contribution in [3.63, 3.8) is 0 Å². The van der Waals surface area contributed by atoms with Crippen LogP contribution in [0.3, 0.4) is 0 Å². The molecule has 2 atom stereocenters. The minimum atomic E-state index is -0.553. The van der Waals surface area contributed by atoms with Crippen LogP contribution < -0.4 is 5.32 Å². The van der Waals surface area contributed by atoms with Crippen molar-refractivity contribution in [2.45, 2.75) is 39.8 Å². The smallest absolute Gasteiger partial charge is 0.251 e. The minimum absolute atomic E-state index is 0.0381. The molecule has 2 amide bonds. The first-order chi connectivity index (χ1) is 12.5. The lowest BCUT2D eigenvalue weighted by Crippen LogP contribution is -2.51. The average Bonchev–Trinajstić information content (AvgIpc) is 3.08. The fraction of sp³-hybridized carbons (Fsp3) is 0.400. The summed E-state index contributed by atoms with van der Waals surface area (Å²) < 4.78 is 0.708. The molecule has 1 heterocycles. The van der Waals surface area contributed by atoms with E-state index >= 15 is 0 Å². The first-order valence-corrected chi connectivity index (χ1v) is 10.0. The third-order valence-electron chi connectivity index (χ3n) is 4.47. The molecular weight excluding hydrogens is 368 g/mol. The summed E-state index contributed by atoms with van der Waals surface area (Å²) in [6, 6.07) is 12.2. The molecule has 0 saturated carbocycles. The predicted octanol–water partition coefficient (Wildman–Crippen LogP) is 4.59. The Morgan fingerprint density at radius 2 is 1.85 bits per heavy atom. The summed E-state index contributed by atoms with van der Waals surface area (Å²) >= 11 is 7.47. The molecule has 0 fully saturated rings. The van der Waals surface area contributed by atoms with Crippen LogP contribution in [0.25, 0.3) is 0 Å². The molecule has 1 N–H and O–H groups in total. The third-order valence-corrected chi connectivity index (χ3v) is 5.69. The topological polar surface area (TPSA) is 49.4 Å². The van der Waals surface area contributed by atoms with E-state index in [0.717, 1.165) is 11.3 Å². The van der Waals surface area contributed by atoms with E-state index in [9.17, 15) is 9.59 Å². The molecule has 0 radical (unpaired) electrons. The number of rotatable bonds is 8. The maximum absolute atomic E-state index is 13.1. The van der Waals surface area contributed by atoms with Crippen LogP contribution in [0, 0.1) is 5.92 Å². The minimum Gasteiger partial charge on any atom is -0.340 e. The number of likely N-dealkylation sites (N-methyl/N-ethyl adjacent to an activating group) is 1. The second kappa shape index (κ2) is 9.74. The van der Waals surface area contributed by atoms with Gasteiger partial charge in [-0.15, -0.1) is 11.3 Å². The van der Waals surface area contributed by atoms with Crippen LogP contribution in [-0.4, -0.2) is 29.3 Å². The summed E-state index contributed by atoms with van der Waals surface area (Å²) in [4.78, 5) is 28.5. The number of carbonyl (C=O) groups is 2. The molecule has 0 spiro atoms. The van der Waals surface area contributed by atoms with Gasteiger partial charge in [-0.25, -0.2) is 0 Å². The quantitative estimate of drug-likeness (QED) is 0.713. The van der Waals surface area contributed by atoms with Gasteiger partial charge in [-0.05, 0) is 37.1 Å². The summed E-state index contributed by atoms with van der Waals surface area (Å²) in [5.41, 5.74) is 0.557. The summed E-state index contributed by atoms with van der Waals surface area (Å²) in [6.07, 6.45) is 0.799. The Bertz CT molecular complexity index is 732. The maximum atomic E-state index is 13.1. The maximum Gasteiger partial charge on any atom is 0.251 e. The summed E-state index contributed by atoms with van der Waals surface area (Å²) in [7, 11) is 0. The number of hydrogen-bond acceptors (Lipinski definition) is 3. The van der Waals surface area contributed by atoms with Crippen LogP contribution >= 0.6 is 22.9 Å². The highest BCUT2D eigenvalue weighted by Gasteiger charge is 2.30. The molecule has 1 aromatic heterocycles. The fourth-order valence-corrected chi connectivity index (χ4v) is 3.77. The highest BCUT2D eigenvalue weighted by atomic mass is 35.5. The van der Waals surface area contributed by atoms with Crippen LogP contribution in [0.1, 0.15) is 42.4 Å². The van der Waals surface area contributed by atoms with Gasteiger partial charge in [-0.1, -0.05) is 50.1 Å². The van der Waals surface area contributed by atoms with E-state index in [1.165, 1.54) is 11.3 Å². The van der Waals surface area contributed by atoms with Gasteiger partial charge in [0.15, 0.2) is 0 Å². The van der Waals surface area contributed by atoms with Gasteiger partial charge in [0.25, 0.3) is 5.91 Å². The number of hydrogen-bond donors (Lipinski definition) is 1. The molecule has 2 aromatic rings. The third kappa shape index (κ3) is 5.32. The largest absolute Gasteiger partial charge is 0.340 e. The lowest BCUT2D eigenvalue weighted by molar-refractivity contribution is -0.134. The van der Waals surface area contributed by atoms with Gasteiger partial charge < -0.3 is 10.2 Å². The Balaban J connectivity index is 2.15. The molecule has 0 aliphatic heterocycles. The zero-order valence-electron chi connectivity index (χ0n) is 15.4. The lowest BCUT2D eigenvalue weighted by Gasteiger charge is -2.30. The van der Waals surface area contributed by atoms with Gasteiger partial charge in [0.1, 0.15) is 6.04 Å². The number of nitrogens with zero attached hydrogens (tertiary/aromatic N) is 1. The van der Waals surface area contributed by atoms with Gasteiger partial charge >= 0.3 is 0 Å². The summed E-state index contributed by atoms with van der Waals surface area (Å²) in [5.74, 6) is -0.244. The van der Waals surface area contributed by atoms with E-state index in [-0.39, 0.29) is 17.7 Å². The average molecular weight is 393 g/mol. The first kappa shape index (κ1) is 20.5. The Morgan fingerprint density at radius 1 is 1.15 bits per heavy atom. The number of carbonyl (C=O) groups excluding carboxylic acids is 2. The van der Waals surface area contributed by atoms with Gasteiger partial charge in [0.2, 0.25) is 5.91 Å². The zero-order chi connectivity index (χ0) is 19.1.